The molecular formula is C13H26N2S2. The summed E-state index contributed by atoms with van der Waals surface area (Å²) >= 11 is 8.86. The number of thiocarbonyl (C=S) groups is 1. The largest absolute Gasteiger partial charge is 0.368 e. The van der Waals surface area contributed by atoms with Gasteiger partial charge in [-0.15, -0.1) is 12.6 Å². The summed E-state index contributed by atoms with van der Waals surface area (Å²) in [5.41, 5.74) is 5.63. The number of nitrogens with one attached hydrogen (secondary N) is 1. The van der Waals surface area contributed by atoms with Crippen molar-refractivity contribution < 1.29 is 0 Å². The molecule has 17 heavy (non-hydrogen) atoms. The van der Waals surface area contributed by atoms with Crippen LogP contribution in [0.25, 0.3) is 0 Å². The SMILES string of the molecule is NC1CCCCC1.S=C(S)NC1CCCCC1. The zero-order chi connectivity index (χ0) is 12.5. The summed E-state index contributed by atoms with van der Waals surface area (Å²) in [5, 5.41) is 3.18. The minimum Gasteiger partial charge on any atom is -0.368 e. The lowest BCUT2D eigenvalue weighted by atomic mass is 9.96. The molecule has 0 radical (unpaired) electrons. The van der Waals surface area contributed by atoms with Gasteiger partial charge in [-0.05, 0) is 25.7 Å². The van der Waals surface area contributed by atoms with Crippen molar-refractivity contribution in [2.24, 2.45) is 5.73 Å². The molecule has 3 N–H and O–H groups in total. The van der Waals surface area contributed by atoms with Gasteiger partial charge in [-0.25, -0.2) is 0 Å². The van der Waals surface area contributed by atoms with Crippen LogP contribution in [-0.4, -0.2) is 16.4 Å². The van der Waals surface area contributed by atoms with E-state index in [2.05, 4.69) is 17.9 Å². The van der Waals surface area contributed by atoms with Crippen molar-refractivity contribution in [1.29, 1.82) is 0 Å². The lowest BCUT2D eigenvalue weighted by Gasteiger charge is -2.22. The van der Waals surface area contributed by atoms with E-state index in [0.717, 1.165) is 0 Å². The van der Waals surface area contributed by atoms with E-state index in [9.17, 15) is 0 Å². The normalized spacial score (nSPS) is 22.5. The van der Waals surface area contributed by atoms with Crippen molar-refractivity contribution >= 4 is 29.2 Å². The molecular weight excluding hydrogens is 248 g/mol. The maximum Gasteiger partial charge on any atom is 0.130 e. The average molecular weight is 274 g/mol. The summed E-state index contributed by atoms with van der Waals surface area (Å²) in [5.74, 6) is 0. The molecule has 0 aromatic carbocycles. The Balaban J connectivity index is 0.000000181. The van der Waals surface area contributed by atoms with Gasteiger partial charge in [-0.3, -0.25) is 0 Å². The molecule has 2 aliphatic rings. The Labute approximate surface area is 117 Å². The molecule has 4 heteroatoms. The molecule has 0 spiro atoms. The van der Waals surface area contributed by atoms with Gasteiger partial charge in [0.2, 0.25) is 0 Å². The molecule has 0 aliphatic heterocycles. The molecule has 2 rings (SSSR count). The van der Waals surface area contributed by atoms with Gasteiger partial charge in [0.1, 0.15) is 4.32 Å². The van der Waals surface area contributed by atoms with Crippen LogP contribution < -0.4 is 11.1 Å². The number of hydrogen-bond donors (Lipinski definition) is 3. The highest BCUT2D eigenvalue weighted by Crippen LogP contribution is 2.17. The predicted octanol–water partition coefficient (Wildman–Crippen LogP) is 3.40. The zero-order valence-corrected chi connectivity index (χ0v) is 12.4. The summed E-state index contributed by atoms with van der Waals surface area (Å²) in [6, 6.07) is 1.15. The summed E-state index contributed by atoms with van der Waals surface area (Å²) in [4.78, 5) is 0. The molecule has 0 bridgehead atoms. The Morgan fingerprint density at radius 3 is 1.76 bits per heavy atom. The summed E-state index contributed by atoms with van der Waals surface area (Å²) < 4.78 is 0.645. The maximum atomic E-state index is 5.63. The number of hydrogen-bond acceptors (Lipinski definition) is 2. The Kier molecular flexibility index (Phi) is 8.23. The number of rotatable bonds is 1. The predicted molar refractivity (Wildman–Crippen MR) is 82.7 cm³/mol. The first-order valence-electron chi connectivity index (χ1n) is 6.93. The van der Waals surface area contributed by atoms with Crippen LogP contribution in [0.2, 0.25) is 0 Å². The van der Waals surface area contributed by atoms with E-state index in [0.29, 0.717) is 16.4 Å². The minimum absolute atomic E-state index is 0.536. The smallest absolute Gasteiger partial charge is 0.130 e. The van der Waals surface area contributed by atoms with Crippen molar-refractivity contribution in [3.05, 3.63) is 0 Å². The molecule has 100 valence electrons. The van der Waals surface area contributed by atoms with E-state index in [1.54, 1.807) is 0 Å². The van der Waals surface area contributed by atoms with Gasteiger partial charge in [0.15, 0.2) is 0 Å². The van der Waals surface area contributed by atoms with Crippen LogP contribution in [0.5, 0.6) is 0 Å². The van der Waals surface area contributed by atoms with E-state index < -0.39 is 0 Å². The average Bonchev–Trinajstić information content (AvgIpc) is 2.31. The van der Waals surface area contributed by atoms with Gasteiger partial charge in [-0.2, -0.15) is 0 Å². The molecule has 0 unspecified atom stereocenters. The molecule has 0 heterocycles. The van der Waals surface area contributed by atoms with Gasteiger partial charge < -0.3 is 11.1 Å². The number of nitrogens with two attached hydrogens (primary N) is 1. The quantitative estimate of drug-likeness (QED) is 0.507. The highest BCUT2D eigenvalue weighted by Gasteiger charge is 2.12. The molecule has 0 atom stereocenters. The number of thiol groups is 1. The second-order valence-corrected chi connectivity index (χ2v) is 6.34. The van der Waals surface area contributed by atoms with Gasteiger partial charge in [0.05, 0.1) is 0 Å². The fourth-order valence-electron chi connectivity index (χ4n) is 2.56. The third-order valence-corrected chi connectivity index (χ3v) is 3.83. The van der Waals surface area contributed by atoms with Gasteiger partial charge in [0, 0.05) is 12.1 Å². The highest BCUT2D eigenvalue weighted by molar-refractivity contribution is 8.11. The van der Waals surface area contributed by atoms with E-state index in [4.69, 9.17) is 18.0 Å². The fourth-order valence-corrected chi connectivity index (χ4v) is 2.90. The van der Waals surface area contributed by atoms with Crippen molar-refractivity contribution in [3.8, 4) is 0 Å². The van der Waals surface area contributed by atoms with Crippen molar-refractivity contribution in [2.45, 2.75) is 76.3 Å². The van der Waals surface area contributed by atoms with Crippen LogP contribution in [0.1, 0.15) is 64.2 Å². The third-order valence-electron chi connectivity index (χ3n) is 3.58. The van der Waals surface area contributed by atoms with Crippen molar-refractivity contribution in [3.63, 3.8) is 0 Å². The monoisotopic (exact) mass is 274 g/mol. The van der Waals surface area contributed by atoms with Crippen LogP contribution in [0, 0.1) is 0 Å². The molecule has 2 aliphatic carbocycles. The van der Waals surface area contributed by atoms with E-state index >= 15 is 0 Å². The fraction of sp³-hybridized carbons (Fsp3) is 0.923. The molecule has 0 aromatic rings. The van der Waals surface area contributed by atoms with Crippen LogP contribution in [0.4, 0.5) is 0 Å². The van der Waals surface area contributed by atoms with Crippen LogP contribution >= 0.6 is 24.8 Å². The topological polar surface area (TPSA) is 38.0 Å². The van der Waals surface area contributed by atoms with Crippen LogP contribution in [-0.2, 0) is 0 Å². The van der Waals surface area contributed by atoms with E-state index in [-0.39, 0.29) is 0 Å². The lowest BCUT2D eigenvalue weighted by Crippen LogP contribution is -2.32. The van der Waals surface area contributed by atoms with Gasteiger partial charge in [0.25, 0.3) is 0 Å². The first kappa shape index (κ1) is 15.3. The van der Waals surface area contributed by atoms with Gasteiger partial charge in [-0.1, -0.05) is 50.7 Å². The summed E-state index contributed by atoms with van der Waals surface area (Å²) in [7, 11) is 0. The Morgan fingerprint density at radius 1 is 0.941 bits per heavy atom. The second-order valence-electron chi connectivity index (χ2n) is 5.18. The molecule has 2 nitrogen and oxygen atoms in total. The second kappa shape index (κ2) is 9.17. The first-order chi connectivity index (χ1) is 8.18. The Morgan fingerprint density at radius 2 is 1.41 bits per heavy atom. The molecule has 0 saturated heterocycles. The standard InChI is InChI=1S/C7H13NS2.C6H13N/c9-7(10)8-6-4-2-1-3-5-6;7-6-4-2-1-3-5-6/h6H,1-5H2,(H2,8,9,10);6H,1-5,7H2. The molecule has 2 saturated carbocycles. The Bertz CT molecular complexity index is 209. The molecule has 0 aromatic heterocycles. The van der Waals surface area contributed by atoms with Crippen LogP contribution in [0.3, 0.4) is 0 Å². The van der Waals surface area contributed by atoms with Crippen molar-refractivity contribution in [2.75, 3.05) is 0 Å². The minimum atomic E-state index is 0.536. The van der Waals surface area contributed by atoms with Crippen LogP contribution in [0.15, 0.2) is 0 Å². The maximum absolute atomic E-state index is 5.63. The summed E-state index contributed by atoms with van der Waals surface area (Å²) in [6.45, 7) is 0. The molecule has 2 fully saturated rings. The highest BCUT2D eigenvalue weighted by atomic mass is 32.1. The van der Waals surface area contributed by atoms with E-state index in [1.807, 2.05) is 0 Å². The van der Waals surface area contributed by atoms with E-state index in [1.165, 1.54) is 64.2 Å². The van der Waals surface area contributed by atoms with Crippen molar-refractivity contribution in [1.82, 2.24) is 5.32 Å². The zero-order valence-electron chi connectivity index (χ0n) is 10.7. The molecule has 0 amide bonds. The third kappa shape index (κ3) is 8.01. The van der Waals surface area contributed by atoms with Gasteiger partial charge >= 0.3 is 0 Å². The lowest BCUT2D eigenvalue weighted by molar-refractivity contribution is 0.416. The first-order valence-corrected chi connectivity index (χ1v) is 7.79. The summed E-state index contributed by atoms with van der Waals surface area (Å²) in [6.07, 6.45) is 13.3. The Hall–Kier alpha value is 0.200.